The lowest BCUT2D eigenvalue weighted by atomic mass is 10.1. The molecule has 1 aromatic heterocycles. The van der Waals surface area contributed by atoms with E-state index in [1.807, 2.05) is 0 Å². The predicted molar refractivity (Wildman–Crippen MR) is 85.3 cm³/mol. The number of amides is 1. The first-order chi connectivity index (χ1) is 10.9. The van der Waals surface area contributed by atoms with Gasteiger partial charge in [0.25, 0.3) is 5.91 Å². The van der Waals surface area contributed by atoms with E-state index in [2.05, 4.69) is 15.0 Å². The molecular formula is C16H15ClN2O4. The molecule has 1 aromatic carbocycles. The van der Waals surface area contributed by atoms with Gasteiger partial charge in [-0.05, 0) is 30.7 Å². The van der Waals surface area contributed by atoms with Crippen LogP contribution in [0.25, 0.3) is 11.1 Å². The van der Waals surface area contributed by atoms with Gasteiger partial charge in [0.2, 0.25) is 0 Å². The summed E-state index contributed by atoms with van der Waals surface area (Å²) in [4.78, 5) is 27.3. The Labute approximate surface area is 138 Å². The summed E-state index contributed by atoms with van der Waals surface area (Å²) in [5.41, 5.74) is 1.20. The van der Waals surface area contributed by atoms with Crippen molar-refractivity contribution in [2.75, 3.05) is 7.11 Å². The zero-order chi connectivity index (χ0) is 17.0. The van der Waals surface area contributed by atoms with E-state index in [0.29, 0.717) is 10.6 Å². The summed E-state index contributed by atoms with van der Waals surface area (Å²) in [6.07, 6.45) is 1.45. The second-order valence-corrected chi connectivity index (χ2v) is 5.26. The molecule has 0 radical (unpaired) electrons. The Balaban J connectivity index is 2.22. The molecule has 1 unspecified atom stereocenters. The number of methoxy groups -OCH3 is 1. The fourth-order valence-electron chi connectivity index (χ4n) is 1.95. The average molecular weight is 335 g/mol. The van der Waals surface area contributed by atoms with Gasteiger partial charge in [-0.1, -0.05) is 23.7 Å². The minimum Gasteiger partial charge on any atom is -0.505 e. The number of carbonyl (C=O) groups excluding carboxylic acids is 2. The van der Waals surface area contributed by atoms with Gasteiger partial charge < -0.3 is 15.2 Å². The molecule has 6 nitrogen and oxygen atoms in total. The summed E-state index contributed by atoms with van der Waals surface area (Å²) in [5.74, 6) is -1.55. The molecule has 0 aliphatic heterocycles. The Morgan fingerprint density at radius 2 is 2.04 bits per heavy atom. The zero-order valence-corrected chi connectivity index (χ0v) is 13.3. The Bertz CT molecular complexity index is 749. The second kappa shape index (κ2) is 7.11. The van der Waals surface area contributed by atoms with E-state index < -0.39 is 17.9 Å². The molecule has 0 fully saturated rings. The normalized spacial score (nSPS) is 11.6. The van der Waals surface area contributed by atoms with Crippen molar-refractivity contribution in [3.05, 3.63) is 47.2 Å². The van der Waals surface area contributed by atoms with Gasteiger partial charge in [-0.15, -0.1) is 0 Å². The molecule has 23 heavy (non-hydrogen) atoms. The molecule has 0 saturated carbocycles. The minimum atomic E-state index is -0.846. The first-order valence-electron chi connectivity index (χ1n) is 6.76. The maximum Gasteiger partial charge on any atom is 0.328 e. The summed E-state index contributed by atoms with van der Waals surface area (Å²) in [6, 6.07) is 7.60. The van der Waals surface area contributed by atoms with Crippen molar-refractivity contribution in [3.8, 4) is 16.9 Å². The maximum absolute atomic E-state index is 12.0. The number of benzene rings is 1. The lowest BCUT2D eigenvalue weighted by molar-refractivity contribution is -0.142. The summed E-state index contributed by atoms with van der Waals surface area (Å²) in [6.45, 7) is 1.47. The molecule has 1 heterocycles. The van der Waals surface area contributed by atoms with E-state index in [-0.39, 0.29) is 11.4 Å². The topological polar surface area (TPSA) is 88.5 Å². The van der Waals surface area contributed by atoms with Crippen LogP contribution in [-0.4, -0.2) is 35.1 Å². The smallest absolute Gasteiger partial charge is 0.328 e. The third-order valence-corrected chi connectivity index (χ3v) is 3.38. The Kier molecular flexibility index (Phi) is 5.18. The molecule has 2 aromatic rings. The average Bonchev–Trinajstić information content (AvgIpc) is 2.53. The van der Waals surface area contributed by atoms with Gasteiger partial charge in [0.1, 0.15) is 11.8 Å². The van der Waals surface area contributed by atoms with Gasteiger partial charge in [0.05, 0.1) is 7.11 Å². The zero-order valence-electron chi connectivity index (χ0n) is 12.5. The number of aromatic nitrogens is 1. The van der Waals surface area contributed by atoms with Crippen molar-refractivity contribution in [2.45, 2.75) is 13.0 Å². The van der Waals surface area contributed by atoms with Crippen LogP contribution >= 0.6 is 11.6 Å². The molecule has 0 spiro atoms. The van der Waals surface area contributed by atoms with E-state index in [1.165, 1.54) is 26.3 Å². The second-order valence-electron chi connectivity index (χ2n) is 4.82. The molecule has 0 saturated heterocycles. The number of ether oxygens (including phenoxy) is 1. The van der Waals surface area contributed by atoms with Crippen LogP contribution in [0.2, 0.25) is 5.02 Å². The Morgan fingerprint density at radius 1 is 1.30 bits per heavy atom. The molecule has 2 rings (SSSR count). The summed E-state index contributed by atoms with van der Waals surface area (Å²) in [5, 5.41) is 13.0. The van der Waals surface area contributed by atoms with Gasteiger partial charge >= 0.3 is 5.97 Å². The highest BCUT2D eigenvalue weighted by molar-refractivity contribution is 6.30. The molecular weight excluding hydrogens is 320 g/mol. The number of rotatable bonds is 4. The minimum absolute atomic E-state index is 0.175. The van der Waals surface area contributed by atoms with Crippen LogP contribution in [0.5, 0.6) is 5.75 Å². The van der Waals surface area contributed by atoms with Gasteiger partial charge in [0, 0.05) is 16.8 Å². The van der Waals surface area contributed by atoms with Gasteiger partial charge in [-0.3, -0.25) is 4.79 Å². The highest BCUT2D eigenvalue weighted by atomic mass is 35.5. The van der Waals surface area contributed by atoms with Crippen molar-refractivity contribution >= 4 is 23.5 Å². The van der Waals surface area contributed by atoms with Crippen LogP contribution in [0.3, 0.4) is 0 Å². The predicted octanol–water partition coefficient (Wildman–Crippen LogP) is 2.40. The molecule has 0 aliphatic carbocycles. The largest absolute Gasteiger partial charge is 0.505 e. The number of halogens is 1. The van der Waals surface area contributed by atoms with Gasteiger partial charge in [-0.2, -0.15) is 0 Å². The van der Waals surface area contributed by atoms with Crippen LogP contribution < -0.4 is 5.32 Å². The number of aromatic hydroxyl groups is 1. The number of hydrogen-bond donors (Lipinski definition) is 2. The Morgan fingerprint density at radius 3 is 2.65 bits per heavy atom. The van der Waals surface area contributed by atoms with Crippen molar-refractivity contribution < 1.29 is 19.4 Å². The van der Waals surface area contributed by atoms with Crippen LogP contribution in [-0.2, 0) is 9.53 Å². The highest BCUT2D eigenvalue weighted by Gasteiger charge is 2.20. The quantitative estimate of drug-likeness (QED) is 0.838. The monoisotopic (exact) mass is 334 g/mol. The van der Waals surface area contributed by atoms with E-state index in [1.54, 1.807) is 24.3 Å². The number of nitrogens with one attached hydrogen (secondary N) is 1. The molecule has 120 valence electrons. The number of hydrogen-bond acceptors (Lipinski definition) is 5. The lowest BCUT2D eigenvalue weighted by Gasteiger charge is -2.12. The molecule has 1 amide bonds. The van der Waals surface area contributed by atoms with Crippen LogP contribution in [0.15, 0.2) is 36.5 Å². The molecule has 0 aliphatic rings. The number of pyridine rings is 1. The van der Waals surface area contributed by atoms with E-state index in [4.69, 9.17) is 11.6 Å². The number of carbonyl (C=O) groups is 2. The third-order valence-electron chi connectivity index (χ3n) is 3.14. The van der Waals surface area contributed by atoms with Crippen LogP contribution in [0.4, 0.5) is 0 Å². The fraction of sp³-hybridized carbons (Fsp3) is 0.188. The molecule has 7 heteroatoms. The number of nitrogens with zero attached hydrogens (tertiary/aromatic N) is 1. The summed E-state index contributed by atoms with van der Waals surface area (Å²) in [7, 11) is 1.22. The lowest BCUT2D eigenvalue weighted by Crippen LogP contribution is -2.39. The van der Waals surface area contributed by atoms with E-state index in [9.17, 15) is 14.7 Å². The number of esters is 1. The molecule has 2 N–H and O–H groups in total. The first kappa shape index (κ1) is 16.8. The third kappa shape index (κ3) is 3.98. The highest BCUT2D eigenvalue weighted by Crippen LogP contribution is 2.26. The van der Waals surface area contributed by atoms with Crippen molar-refractivity contribution in [1.82, 2.24) is 10.3 Å². The maximum atomic E-state index is 12.0. The van der Waals surface area contributed by atoms with Gasteiger partial charge in [0.15, 0.2) is 5.69 Å². The standard InChI is InChI=1S/C16H15ClN2O4/c1-9(16(22)23-2)19-15(21)14-13(20)7-11(8-18-14)10-4-3-5-12(17)6-10/h3-9,20H,1-2H3,(H,19,21). The van der Waals surface area contributed by atoms with Crippen LogP contribution in [0.1, 0.15) is 17.4 Å². The fourth-order valence-corrected chi connectivity index (χ4v) is 2.14. The van der Waals surface area contributed by atoms with Crippen molar-refractivity contribution in [2.24, 2.45) is 0 Å². The molecule has 0 bridgehead atoms. The van der Waals surface area contributed by atoms with E-state index in [0.717, 1.165) is 5.56 Å². The van der Waals surface area contributed by atoms with Gasteiger partial charge in [-0.25, -0.2) is 9.78 Å². The molecule has 1 atom stereocenters. The SMILES string of the molecule is COC(=O)C(C)NC(=O)c1ncc(-c2cccc(Cl)c2)cc1O. The van der Waals surface area contributed by atoms with E-state index >= 15 is 0 Å². The first-order valence-corrected chi connectivity index (χ1v) is 7.14. The van der Waals surface area contributed by atoms with Crippen molar-refractivity contribution in [1.29, 1.82) is 0 Å². The summed E-state index contributed by atoms with van der Waals surface area (Å²) < 4.78 is 4.52. The Hall–Kier alpha value is -2.60. The van der Waals surface area contributed by atoms with Crippen molar-refractivity contribution in [3.63, 3.8) is 0 Å². The summed E-state index contributed by atoms with van der Waals surface area (Å²) >= 11 is 5.93. The van der Waals surface area contributed by atoms with Crippen LogP contribution in [0, 0.1) is 0 Å².